The van der Waals surface area contributed by atoms with Gasteiger partial charge in [0.05, 0.1) is 11.5 Å². The molecule has 0 unspecified atom stereocenters. The number of rotatable bonds is 5. The van der Waals surface area contributed by atoms with Crippen LogP contribution in [-0.2, 0) is 10.0 Å². The summed E-state index contributed by atoms with van der Waals surface area (Å²) >= 11 is 0. The molecule has 1 aromatic heterocycles. The maximum atomic E-state index is 13.0. The normalized spacial score (nSPS) is 17.2. The Morgan fingerprint density at radius 3 is 2.56 bits per heavy atom. The summed E-state index contributed by atoms with van der Waals surface area (Å²) in [4.78, 5) is 4.61. The predicted molar refractivity (Wildman–Crippen MR) is 99.3 cm³/mol. The van der Waals surface area contributed by atoms with E-state index in [0.29, 0.717) is 23.3 Å². The van der Waals surface area contributed by atoms with Gasteiger partial charge in [-0.15, -0.1) is 0 Å². The Morgan fingerprint density at radius 1 is 1.12 bits per heavy atom. The van der Waals surface area contributed by atoms with Crippen molar-refractivity contribution in [2.24, 2.45) is 0 Å². The van der Waals surface area contributed by atoms with Crippen molar-refractivity contribution >= 4 is 20.9 Å². The van der Waals surface area contributed by atoms with Crippen LogP contribution in [0.2, 0.25) is 0 Å². The minimum atomic E-state index is -3.59. The number of aromatic nitrogens is 1. The molecule has 1 aliphatic carbocycles. The number of benzene rings is 1. The average Bonchev–Trinajstić information content (AvgIpc) is 2.57. The van der Waals surface area contributed by atoms with E-state index < -0.39 is 10.0 Å². The number of sulfonamides is 1. The number of nitrogens with one attached hydrogen (secondary N) is 1. The molecule has 0 bridgehead atoms. The second-order valence-electron chi connectivity index (χ2n) is 6.56. The monoisotopic (exact) mass is 362 g/mol. The first-order valence-corrected chi connectivity index (χ1v) is 10.6. The van der Waals surface area contributed by atoms with Gasteiger partial charge in [-0.1, -0.05) is 32.1 Å². The van der Waals surface area contributed by atoms with Crippen molar-refractivity contribution in [3.63, 3.8) is 0 Å². The molecule has 0 saturated heterocycles. The van der Waals surface area contributed by atoms with Crippen LogP contribution in [0.15, 0.2) is 35.4 Å². The van der Waals surface area contributed by atoms with Gasteiger partial charge in [0.1, 0.15) is 11.3 Å². The minimum Gasteiger partial charge on any atom is -0.492 e. The molecular weight excluding hydrogens is 336 g/mol. The molecule has 6 heteroatoms. The zero-order chi connectivity index (χ0) is 17.7. The SMILES string of the molecule is CCOc1ccc(S(=O)(=O)NC2CCCCCCC2)c2cccnc12. The lowest BCUT2D eigenvalue weighted by Gasteiger charge is -2.21. The van der Waals surface area contributed by atoms with E-state index in [9.17, 15) is 8.42 Å². The Balaban J connectivity index is 1.92. The molecule has 25 heavy (non-hydrogen) atoms. The maximum absolute atomic E-state index is 13.0. The van der Waals surface area contributed by atoms with Crippen LogP contribution in [0.3, 0.4) is 0 Å². The van der Waals surface area contributed by atoms with Gasteiger partial charge in [-0.25, -0.2) is 13.1 Å². The lowest BCUT2D eigenvalue weighted by atomic mass is 9.97. The molecule has 1 saturated carbocycles. The predicted octanol–water partition coefficient (Wildman–Crippen LogP) is 4.02. The highest BCUT2D eigenvalue weighted by atomic mass is 32.2. The highest BCUT2D eigenvalue weighted by Gasteiger charge is 2.23. The van der Waals surface area contributed by atoms with Crippen LogP contribution in [0.25, 0.3) is 10.9 Å². The third-order valence-electron chi connectivity index (χ3n) is 4.71. The molecule has 1 aromatic carbocycles. The quantitative estimate of drug-likeness (QED) is 0.872. The van der Waals surface area contributed by atoms with Gasteiger partial charge in [0.2, 0.25) is 10.0 Å². The van der Waals surface area contributed by atoms with Crippen LogP contribution in [0.1, 0.15) is 51.9 Å². The number of hydrogen-bond acceptors (Lipinski definition) is 4. The molecule has 0 atom stereocenters. The smallest absolute Gasteiger partial charge is 0.241 e. The van der Waals surface area contributed by atoms with Crippen LogP contribution < -0.4 is 9.46 Å². The maximum Gasteiger partial charge on any atom is 0.241 e. The van der Waals surface area contributed by atoms with E-state index in [4.69, 9.17) is 4.74 Å². The molecule has 1 aliphatic rings. The fourth-order valence-corrected chi connectivity index (χ4v) is 4.99. The molecule has 2 aromatic rings. The van der Waals surface area contributed by atoms with Gasteiger partial charge in [-0.2, -0.15) is 0 Å². The van der Waals surface area contributed by atoms with Gasteiger partial charge >= 0.3 is 0 Å². The molecule has 0 aliphatic heterocycles. The van der Waals surface area contributed by atoms with Crippen molar-refractivity contribution in [2.75, 3.05) is 6.61 Å². The Labute approximate surface area is 149 Å². The molecule has 0 spiro atoms. The van der Waals surface area contributed by atoms with Crippen LogP contribution >= 0.6 is 0 Å². The van der Waals surface area contributed by atoms with Crippen molar-refractivity contribution in [1.29, 1.82) is 0 Å². The average molecular weight is 362 g/mol. The van der Waals surface area contributed by atoms with E-state index in [2.05, 4.69) is 9.71 Å². The van der Waals surface area contributed by atoms with Gasteiger partial charge in [0, 0.05) is 17.6 Å². The van der Waals surface area contributed by atoms with E-state index in [1.54, 1.807) is 30.5 Å². The van der Waals surface area contributed by atoms with Crippen molar-refractivity contribution in [3.8, 4) is 5.75 Å². The molecule has 1 heterocycles. The van der Waals surface area contributed by atoms with E-state index in [1.807, 2.05) is 6.92 Å². The molecule has 5 nitrogen and oxygen atoms in total. The number of ether oxygens (including phenoxy) is 1. The van der Waals surface area contributed by atoms with Crippen molar-refractivity contribution in [2.45, 2.75) is 62.8 Å². The third-order valence-corrected chi connectivity index (χ3v) is 6.29. The van der Waals surface area contributed by atoms with E-state index in [-0.39, 0.29) is 10.9 Å². The van der Waals surface area contributed by atoms with Crippen LogP contribution in [0.5, 0.6) is 5.75 Å². The Morgan fingerprint density at radius 2 is 1.84 bits per heavy atom. The standard InChI is InChI=1S/C19H26N2O3S/c1-2-24-17-12-13-18(16-11-8-14-20-19(16)17)25(22,23)21-15-9-6-4-3-5-7-10-15/h8,11-15,21H,2-7,9-10H2,1H3. The summed E-state index contributed by atoms with van der Waals surface area (Å²) in [6, 6.07) is 6.89. The summed E-state index contributed by atoms with van der Waals surface area (Å²) in [7, 11) is -3.59. The van der Waals surface area contributed by atoms with E-state index >= 15 is 0 Å². The molecule has 1 N–H and O–H groups in total. The molecule has 0 amide bonds. The van der Waals surface area contributed by atoms with Crippen molar-refractivity contribution in [1.82, 2.24) is 9.71 Å². The molecule has 3 rings (SSSR count). The Bertz CT molecular complexity index is 813. The molecule has 0 radical (unpaired) electrons. The van der Waals surface area contributed by atoms with Crippen LogP contribution in [-0.4, -0.2) is 26.1 Å². The first kappa shape index (κ1) is 18.1. The molecule has 1 fully saturated rings. The summed E-state index contributed by atoms with van der Waals surface area (Å²) in [5, 5.41) is 0.604. The fourth-order valence-electron chi connectivity index (χ4n) is 3.48. The largest absolute Gasteiger partial charge is 0.492 e. The van der Waals surface area contributed by atoms with Gasteiger partial charge in [0.25, 0.3) is 0 Å². The van der Waals surface area contributed by atoms with Crippen molar-refractivity contribution in [3.05, 3.63) is 30.5 Å². The summed E-state index contributed by atoms with van der Waals surface area (Å²) in [6.07, 6.45) is 9.27. The number of pyridine rings is 1. The number of hydrogen-bond donors (Lipinski definition) is 1. The van der Waals surface area contributed by atoms with Gasteiger partial charge in [0.15, 0.2) is 0 Å². The lowest BCUT2D eigenvalue weighted by Crippen LogP contribution is -2.35. The van der Waals surface area contributed by atoms with Crippen LogP contribution in [0, 0.1) is 0 Å². The topological polar surface area (TPSA) is 68.3 Å². The van der Waals surface area contributed by atoms with Crippen LogP contribution in [0.4, 0.5) is 0 Å². The molecule has 136 valence electrons. The lowest BCUT2D eigenvalue weighted by molar-refractivity contribution is 0.343. The third kappa shape index (κ3) is 4.30. The fraction of sp³-hybridized carbons (Fsp3) is 0.526. The second kappa shape index (κ2) is 8.15. The summed E-state index contributed by atoms with van der Waals surface area (Å²) in [5.74, 6) is 0.614. The summed E-state index contributed by atoms with van der Waals surface area (Å²) < 4.78 is 34.5. The second-order valence-corrected chi connectivity index (χ2v) is 8.24. The first-order valence-electron chi connectivity index (χ1n) is 9.14. The van der Waals surface area contributed by atoms with Gasteiger partial charge in [-0.05, 0) is 44.0 Å². The van der Waals surface area contributed by atoms with Crippen molar-refractivity contribution < 1.29 is 13.2 Å². The van der Waals surface area contributed by atoms with E-state index in [1.165, 1.54) is 19.3 Å². The summed E-state index contributed by atoms with van der Waals surface area (Å²) in [5.41, 5.74) is 0.588. The highest BCUT2D eigenvalue weighted by molar-refractivity contribution is 7.89. The minimum absolute atomic E-state index is 0.0172. The van der Waals surface area contributed by atoms with E-state index in [0.717, 1.165) is 25.7 Å². The van der Waals surface area contributed by atoms with Gasteiger partial charge < -0.3 is 4.74 Å². The van der Waals surface area contributed by atoms with Gasteiger partial charge in [-0.3, -0.25) is 4.98 Å². The summed E-state index contributed by atoms with van der Waals surface area (Å²) in [6.45, 7) is 2.41. The Kier molecular flexibility index (Phi) is 5.91. The molecular formula is C19H26N2O3S. The zero-order valence-electron chi connectivity index (χ0n) is 14.7. The zero-order valence-corrected chi connectivity index (χ0v) is 15.5. The Hall–Kier alpha value is -1.66. The highest BCUT2D eigenvalue weighted by Crippen LogP contribution is 2.30. The first-order chi connectivity index (χ1) is 12.1. The number of nitrogens with zero attached hydrogens (tertiary/aromatic N) is 1. The number of fused-ring (bicyclic) bond motifs is 1.